The molecular formula is C96H62N4. The third kappa shape index (κ3) is 9.45. The quantitative estimate of drug-likeness (QED) is 0.123. The summed E-state index contributed by atoms with van der Waals surface area (Å²) < 4.78 is 9.81. The van der Waals surface area contributed by atoms with Crippen molar-refractivity contribution in [2.45, 2.75) is 0 Å². The van der Waals surface area contributed by atoms with Crippen LogP contribution in [0.3, 0.4) is 0 Å². The van der Waals surface area contributed by atoms with Gasteiger partial charge in [0, 0.05) is 65.8 Å². The Bertz CT molecular complexity index is 6590. The van der Waals surface area contributed by atoms with Gasteiger partial charge in [-0.3, -0.25) is 0 Å². The summed E-state index contributed by atoms with van der Waals surface area (Å²) in [6, 6.07) is 139. The third-order valence-electron chi connectivity index (χ3n) is 20.8. The Morgan fingerprint density at radius 2 is 0.320 bits per heavy atom. The number of rotatable bonds is 11. The summed E-state index contributed by atoms with van der Waals surface area (Å²) in [5.41, 5.74) is 30.3. The molecule has 0 aliphatic rings. The van der Waals surface area contributed by atoms with Gasteiger partial charge in [-0.05, 0) is 181 Å². The maximum Gasteiger partial charge on any atom is 0.0547 e. The summed E-state index contributed by atoms with van der Waals surface area (Å²) in [7, 11) is 0. The van der Waals surface area contributed by atoms with Crippen LogP contribution < -0.4 is 0 Å². The van der Waals surface area contributed by atoms with Gasteiger partial charge in [0.1, 0.15) is 0 Å². The molecule has 0 aliphatic heterocycles. The first kappa shape index (κ1) is 57.0. The van der Waals surface area contributed by atoms with Gasteiger partial charge in [-0.15, -0.1) is 0 Å². The zero-order valence-electron chi connectivity index (χ0n) is 54.6. The molecule has 4 aromatic heterocycles. The molecule has 4 nitrogen and oxygen atoms in total. The van der Waals surface area contributed by atoms with Gasteiger partial charge in [-0.2, -0.15) is 0 Å². The highest BCUT2D eigenvalue weighted by Gasteiger charge is 2.22. The molecule has 4 heteroatoms. The molecule has 16 aromatic carbocycles. The van der Waals surface area contributed by atoms with Crippen LogP contribution in [0.1, 0.15) is 0 Å². The minimum atomic E-state index is 1.10. The largest absolute Gasteiger partial charge is 0.309 e. The highest BCUT2D eigenvalue weighted by Crippen LogP contribution is 2.44. The molecule has 20 aromatic rings. The summed E-state index contributed by atoms with van der Waals surface area (Å²) in [5, 5.41) is 9.76. The molecule has 0 bridgehead atoms. The second-order valence-corrected chi connectivity index (χ2v) is 26.4. The van der Waals surface area contributed by atoms with E-state index in [1.807, 2.05) is 0 Å². The predicted molar refractivity (Wildman–Crippen MR) is 422 cm³/mol. The van der Waals surface area contributed by atoms with Crippen LogP contribution in [0, 0.1) is 0 Å². The minimum Gasteiger partial charge on any atom is -0.309 e. The van der Waals surface area contributed by atoms with Gasteiger partial charge in [-0.1, -0.05) is 273 Å². The summed E-state index contributed by atoms with van der Waals surface area (Å²) in [5.74, 6) is 0. The van der Waals surface area contributed by atoms with Gasteiger partial charge >= 0.3 is 0 Å². The van der Waals surface area contributed by atoms with E-state index < -0.39 is 0 Å². The lowest BCUT2D eigenvalue weighted by Gasteiger charge is -2.13. The first-order chi connectivity index (χ1) is 49.6. The van der Waals surface area contributed by atoms with E-state index in [9.17, 15) is 0 Å². The van der Waals surface area contributed by atoms with Gasteiger partial charge in [0.15, 0.2) is 0 Å². The number of para-hydroxylation sites is 4. The van der Waals surface area contributed by atoms with E-state index in [0.29, 0.717) is 0 Å². The van der Waals surface area contributed by atoms with Crippen LogP contribution >= 0.6 is 0 Å². The molecular weight excluding hydrogens is 1210 g/mol. The van der Waals surface area contributed by atoms with Crippen LogP contribution in [0.25, 0.3) is 188 Å². The van der Waals surface area contributed by atoms with Crippen molar-refractivity contribution in [1.82, 2.24) is 18.3 Å². The predicted octanol–water partition coefficient (Wildman–Crippen LogP) is 25.7. The van der Waals surface area contributed by atoms with Crippen molar-refractivity contribution in [1.29, 1.82) is 0 Å². The second kappa shape index (κ2) is 23.2. The van der Waals surface area contributed by atoms with Gasteiger partial charge in [0.05, 0.1) is 44.1 Å². The molecule has 466 valence electrons. The molecule has 4 heterocycles. The van der Waals surface area contributed by atoms with Crippen LogP contribution in [0.2, 0.25) is 0 Å². The zero-order chi connectivity index (χ0) is 65.8. The van der Waals surface area contributed by atoms with Crippen LogP contribution in [0.15, 0.2) is 376 Å². The van der Waals surface area contributed by atoms with E-state index in [2.05, 4.69) is 394 Å². The van der Waals surface area contributed by atoms with Gasteiger partial charge in [0.2, 0.25) is 0 Å². The van der Waals surface area contributed by atoms with Crippen molar-refractivity contribution < 1.29 is 0 Å². The molecule has 0 spiro atoms. The smallest absolute Gasteiger partial charge is 0.0547 e. The molecule has 20 rings (SSSR count). The molecule has 0 atom stereocenters. The Labute approximate surface area is 578 Å². The molecule has 0 radical (unpaired) electrons. The van der Waals surface area contributed by atoms with E-state index in [1.165, 1.54) is 104 Å². The first-order valence-corrected chi connectivity index (χ1v) is 34.4. The Morgan fingerprint density at radius 3 is 0.700 bits per heavy atom. The Kier molecular flexibility index (Phi) is 13.2. The highest BCUT2D eigenvalue weighted by atomic mass is 15.0. The van der Waals surface area contributed by atoms with Crippen molar-refractivity contribution in [3.63, 3.8) is 0 Å². The fourth-order valence-electron chi connectivity index (χ4n) is 15.9. The van der Waals surface area contributed by atoms with Crippen LogP contribution in [-0.4, -0.2) is 18.3 Å². The molecule has 0 N–H and O–H groups in total. The van der Waals surface area contributed by atoms with Crippen LogP contribution in [-0.2, 0) is 0 Å². The molecule has 0 aliphatic carbocycles. The van der Waals surface area contributed by atoms with E-state index >= 15 is 0 Å². The zero-order valence-corrected chi connectivity index (χ0v) is 54.6. The number of hydrogen-bond donors (Lipinski definition) is 0. The van der Waals surface area contributed by atoms with Crippen molar-refractivity contribution in [2.24, 2.45) is 0 Å². The minimum absolute atomic E-state index is 1.10. The SMILES string of the molecule is c1ccc(-c2ccc(-c3ccc(-n4c5ccccc5c5ccc(-c6ccc7c8ccc(-c9ccc%10c%11ccc(-c%12ccc%13c%14ccccc%14n(-c%14ccccc%14)c%13c%12)cc%11n(-c%11cccc(-c%12cccc(-c%13ccccc%13)c%12)c%11)c%10c9)cc8n(-c8ccccc8)c7c6)cc54)cc3)cc2)cc1. The van der Waals surface area contributed by atoms with E-state index in [4.69, 9.17) is 0 Å². The summed E-state index contributed by atoms with van der Waals surface area (Å²) in [6.07, 6.45) is 0. The summed E-state index contributed by atoms with van der Waals surface area (Å²) in [4.78, 5) is 0. The molecule has 0 fully saturated rings. The van der Waals surface area contributed by atoms with E-state index in [1.54, 1.807) is 0 Å². The lowest BCUT2D eigenvalue weighted by Crippen LogP contribution is -1.96. The van der Waals surface area contributed by atoms with Crippen molar-refractivity contribution in [3.8, 4) is 101 Å². The lowest BCUT2D eigenvalue weighted by molar-refractivity contribution is 1.18. The molecule has 100 heavy (non-hydrogen) atoms. The van der Waals surface area contributed by atoms with E-state index in [0.717, 1.165) is 83.8 Å². The summed E-state index contributed by atoms with van der Waals surface area (Å²) in [6.45, 7) is 0. The van der Waals surface area contributed by atoms with Gasteiger partial charge in [-0.25, -0.2) is 0 Å². The monoisotopic (exact) mass is 1270 g/mol. The second-order valence-electron chi connectivity index (χ2n) is 26.4. The number of aromatic nitrogens is 4. The highest BCUT2D eigenvalue weighted by molar-refractivity contribution is 6.15. The van der Waals surface area contributed by atoms with Gasteiger partial charge < -0.3 is 18.3 Å². The van der Waals surface area contributed by atoms with Crippen molar-refractivity contribution in [2.75, 3.05) is 0 Å². The molecule has 0 saturated heterocycles. The maximum absolute atomic E-state index is 2.50. The van der Waals surface area contributed by atoms with E-state index in [-0.39, 0.29) is 0 Å². The molecule has 0 amide bonds. The average molecular weight is 1270 g/mol. The van der Waals surface area contributed by atoms with Crippen molar-refractivity contribution >= 4 is 87.2 Å². The van der Waals surface area contributed by atoms with Crippen LogP contribution in [0.5, 0.6) is 0 Å². The number of hydrogen-bond acceptors (Lipinski definition) is 0. The molecule has 0 unspecified atom stereocenters. The van der Waals surface area contributed by atoms with Crippen LogP contribution in [0.4, 0.5) is 0 Å². The third-order valence-corrected chi connectivity index (χ3v) is 20.8. The Balaban J connectivity index is 0.716. The fourth-order valence-corrected chi connectivity index (χ4v) is 15.9. The van der Waals surface area contributed by atoms with Crippen molar-refractivity contribution in [3.05, 3.63) is 376 Å². The average Bonchev–Trinajstić information content (AvgIpc) is 1.59. The Hall–Kier alpha value is -13.3. The topological polar surface area (TPSA) is 19.7 Å². The maximum atomic E-state index is 2.50. The summed E-state index contributed by atoms with van der Waals surface area (Å²) >= 11 is 0. The lowest BCUT2D eigenvalue weighted by atomic mass is 9.99. The standard InChI is InChI=1S/C96H62N4/c1-5-19-63(20-6-1)65-35-37-66(38-36-65)67-39-47-79(48-40-67)98-90-34-16-14-32-82(90)84-50-42-72(58-92(84)98)73-43-51-85-86-52-44-74(60-94(86)99(93(85)59-73)78-28-11-4-12-29-78)76-46-54-88-87-53-45-75(71-41-49-83-81-31-13-15-33-89(81)97(91(83)57-71)77-26-9-3-10-27-77)61-95(87)100(96(88)62-76)80-30-18-25-70(56-80)69-24-17-23-68(55-69)64-21-7-2-8-22-64/h1-62H. The first-order valence-electron chi connectivity index (χ1n) is 34.4. The number of benzene rings is 16. The van der Waals surface area contributed by atoms with Gasteiger partial charge in [0.25, 0.3) is 0 Å². The fraction of sp³-hybridized carbons (Fsp3) is 0. The Morgan fingerprint density at radius 1 is 0.110 bits per heavy atom. The number of nitrogens with zero attached hydrogens (tertiary/aromatic N) is 4. The molecule has 0 saturated carbocycles. The normalized spacial score (nSPS) is 11.8. The number of fused-ring (bicyclic) bond motifs is 12.